The first-order valence-corrected chi connectivity index (χ1v) is 6.62. The fourth-order valence-electron chi connectivity index (χ4n) is 2.48. The maximum absolute atomic E-state index is 12.1. The maximum atomic E-state index is 12.1. The van der Waals surface area contributed by atoms with Crippen LogP contribution in [0.2, 0.25) is 0 Å². The fraction of sp³-hybridized carbons (Fsp3) is 0.357. The fourth-order valence-corrected chi connectivity index (χ4v) is 2.48. The molecule has 118 valence electrons. The van der Waals surface area contributed by atoms with Crippen LogP contribution in [0.15, 0.2) is 18.2 Å². The van der Waals surface area contributed by atoms with Gasteiger partial charge in [-0.05, 0) is 12.1 Å². The summed E-state index contributed by atoms with van der Waals surface area (Å²) in [4.78, 5) is 38.9. The Kier molecular flexibility index (Phi) is 3.94. The standard InChI is InChI=1S/C14H18N4O4/c1-8(19)15-9-5-6-10(11(20)7-9)12-16(2)13(21)18(4)14(22)17(12)3/h5-7,12,20H,1-4H3,(H,15,19). The number of phenolic OH excluding ortho intramolecular Hbond substituents is 1. The molecule has 0 spiro atoms. The summed E-state index contributed by atoms with van der Waals surface area (Å²) < 4.78 is 0. The highest BCUT2D eigenvalue weighted by atomic mass is 16.3. The predicted octanol–water partition coefficient (Wildman–Crippen LogP) is 1.40. The Morgan fingerprint density at radius 2 is 1.68 bits per heavy atom. The van der Waals surface area contributed by atoms with Gasteiger partial charge in [0.2, 0.25) is 5.91 Å². The minimum atomic E-state index is -0.720. The summed E-state index contributed by atoms with van der Waals surface area (Å²) in [5, 5.41) is 12.7. The average molecular weight is 306 g/mol. The molecule has 5 amide bonds. The summed E-state index contributed by atoms with van der Waals surface area (Å²) in [5.41, 5.74) is 0.832. The number of carbonyl (C=O) groups excluding carboxylic acids is 3. The Morgan fingerprint density at radius 1 is 1.14 bits per heavy atom. The van der Waals surface area contributed by atoms with Crippen LogP contribution in [0.25, 0.3) is 0 Å². The molecule has 1 aromatic carbocycles. The lowest BCUT2D eigenvalue weighted by atomic mass is 10.1. The summed E-state index contributed by atoms with van der Waals surface area (Å²) >= 11 is 0. The second kappa shape index (κ2) is 5.55. The van der Waals surface area contributed by atoms with Crippen LogP contribution in [0.1, 0.15) is 18.7 Å². The van der Waals surface area contributed by atoms with Crippen LogP contribution in [-0.2, 0) is 4.79 Å². The molecule has 1 aliphatic rings. The van der Waals surface area contributed by atoms with E-state index >= 15 is 0 Å². The van der Waals surface area contributed by atoms with Crippen LogP contribution in [0, 0.1) is 0 Å². The van der Waals surface area contributed by atoms with Gasteiger partial charge in [0, 0.05) is 45.4 Å². The van der Waals surface area contributed by atoms with Crippen LogP contribution < -0.4 is 5.32 Å². The van der Waals surface area contributed by atoms with Crippen molar-refractivity contribution in [2.45, 2.75) is 13.1 Å². The number of urea groups is 2. The second-order valence-electron chi connectivity index (χ2n) is 5.17. The normalized spacial score (nSPS) is 16.3. The lowest BCUT2D eigenvalue weighted by Crippen LogP contribution is -2.58. The zero-order valence-corrected chi connectivity index (χ0v) is 12.8. The SMILES string of the molecule is CC(=O)Nc1ccc(C2N(C)C(=O)N(C)C(=O)N2C)c(O)c1. The molecule has 0 unspecified atom stereocenters. The van der Waals surface area contributed by atoms with Gasteiger partial charge < -0.3 is 20.2 Å². The molecule has 1 heterocycles. The van der Waals surface area contributed by atoms with Gasteiger partial charge in [-0.25, -0.2) is 14.5 Å². The van der Waals surface area contributed by atoms with Gasteiger partial charge >= 0.3 is 12.1 Å². The van der Waals surface area contributed by atoms with Gasteiger partial charge in [-0.2, -0.15) is 0 Å². The lowest BCUT2D eigenvalue weighted by Gasteiger charge is -2.43. The monoisotopic (exact) mass is 306 g/mol. The van der Waals surface area contributed by atoms with Gasteiger partial charge in [0.15, 0.2) is 0 Å². The largest absolute Gasteiger partial charge is 0.507 e. The number of benzene rings is 1. The summed E-state index contributed by atoms with van der Waals surface area (Å²) in [6, 6.07) is 3.64. The zero-order valence-electron chi connectivity index (χ0n) is 12.8. The smallest absolute Gasteiger partial charge is 0.329 e. The number of imide groups is 1. The molecule has 22 heavy (non-hydrogen) atoms. The third-order valence-electron chi connectivity index (χ3n) is 3.54. The number of hydrogen-bond donors (Lipinski definition) is 2. The van der Waals surface area contributed by atoms with Crippen molar-refractivity contribution in [1.82, 2.24) is 14.7 Å². The molecule has 0 radical (unpaired) electrons. The minimum absolute atomic E-state index is 0.111. The Bertz CT molecular complexity index is 624. The molecule has 0 bridgehead atoms. The van der Waals surface area contributed by atoms with E-state index in [1.165, 1.54) is 29.8 Å². The topological polar surface area (TPSA) is 93.2 Å². The van der Waals surface area contributed by atoms with Crippen LogP contribution in [0.5, 0.6) is 5.75 Å². The van der Waals surface area contributed by atoms with Gasteiger partial charge in [0.05, 0.1) is 0 Å². The highest BCUT2D eigenvalue weighted by molar-refractivity contribution is 5.96. The third-order valence-corrected chi connectivity index (χ3v) is 3.54. The number of nitrogens with zero attached hydrogens (tertiary/aromatic N) is 3. The Morgan fingerprint density at radius 3 is 2.14 bits per heavy atom. The average Bonchev–Trinajstić information content (AvgIpc) is 2.45. The first-order valence-electron chi connectivity index (χ1n) is 6.62. The van der Waals surface area contributed by atoms with Gasteiger partial charge in [0.25, 0.3) is 0 Å². The highest BCUT2D eigenvalue weighted by Gasteiger charge is 2.40. The van der Waals surface area contributed by atoms with E-state index < -0.39 is 18.2 Å². The molecule has 8 nitrogen and oxygen atoms in total. The highest BCUT2D eigenvalue weighted by Crippen LogP contribution is 2.35. The van der Waals surface area contributed by atoms with Crippen molar-refractivity contribution in [1.29, 1.82) is 0 Å². The Labute approximate surface area is 127 Å². The Balaban J connectivity index is 2.39. The van der Waals surface area contributed by atoms with E-state index in [0.29, 0.717) is 11.3 Å². The summed E-state index contributed by atoms with van der Waals surface area (Å²) in [6.07, 6.45) is -0.720. The second-order valence-corrected chi connectivity index (χ2v) is 5.17. The molecule has 0 atom stereocenters. The summed E-state index contributed by atoms with van der Waals surface area (Å²) in [6.45, 7) is 1.36. The zero-order chi connectivity index (χ0) is 16.6. The minimum Gasteiger partial charge on any atom is -0.507 e. The predicted molar refractivity (Wildman–Crippen MR) is 79.2 cm³/mol. The molecule has 1 aromatic rings. The van der Waals surface area contributed by atoms with Crippen molar-refractivity contribution in [3.8, 4) is 5.75 Å². The van der Waals surface area contributed by atoms with E-state index in [2.05, 4.69) is 5.32 Å². The number of anilines is 1. The first-order chi connectivity index (χ1) is 10.2. The van der Waals surface area contributed by atoms with Crippen molar-refractivity contribution >= 4 is 23.7 Å². The third kappa shape index (κ3) is 2.54. The molecular weight excluding hydrogens is 288 g/mol. The summed E-state index contributed by atoms with van der Waals surface area (Å²) in [5.74, 6) is -0.369. The van der Waals surface area contributed by atoms with Crippen LogP contribution >= 0.6 is 0 Å². The molecule has 0 aromatic heterocycles. The molecule has 8 heteroatoms. The van der Waals surface area contributed by atoms with Gasteiger partial charge in [0.1, 0.15) is 11.9 Å². The number of phenols is 1. The van der Waals surface area contributed by atoms with Gasteiger partial charge in [-0.15, -0.1) is 0 Å². The van der Waals surface area contributed by atoms with Crippen LogP contribution in [0.3, 0.4) is 0 Å². The van der Waals surface area contributed by atoms with Crippen LogP contribution in [0.4, 0.5) is 15.3 Å². The van der Waals surface area contributed by atoms with Crippen molar-refractivity contribution in [3.63, 3.8) is 0 Å². The van der Waals surface area contributed by atoms with E-state index in [4.69, 9.17) is 0 Å². The molecule has 2 N–H and O–H groups in total. The number of hydrogen-bond acceptors (Lipinski definition) is 4. The number of rotatable bonds is 2. The van der Waals surface area contributed by atoms with Crippen molar-refractivity contribution in [3.05, 3.63) is 23.8 Å². The van der Waals surface area contributed by atoms with Crippen molar-refractivity contribution in [2.75, 3.05) is 26.5 Å². The Hall–Kier alpha value is -2.77. The lowest BCUT2D eigenvalue weighted by molar-refractivity contribution is -0.114. The van der Waals surface area contributed by atoms with E-state index in [-0.39, 0.29) is 11.7 Å². The molecule has 2 rings (SSSR count). The molecular formula is C14H18N4O4. The van der Waals surface area contributed by atoms with E-state index in [9.17, 15) is 19.5 Å². The van der Waals surface area contributed by atoms with E-state index in [0.717, 1.165) is 4.90 Å². The molecule has 1 fully saturated rings. The molecule has 1 aliphatic heterocycles. The first kappa shape index (κ1) is 15.6. The number of amides is 5. The molecule has 0 saturated carbocycles. The van der Waals surface area contributed by atoms with Crippen molar-refractivity contribution < 1.29 is 19.5 Å². The maximum Gasteiger partial charge on any atom is 0.329 e. The van der Waals surface area contributed by atoms with E-state index in [1.807, 2.05) is 0 Å². The summed E-state index contributed by atoms with van der Waals surface area (Å²) in [7, 11) is 4.49. The van der Waals surface area contributed by atoms with Gasteiger partial charge in [-0.3, -0.25) is 4.79 Å². The van der Waals surface area contributed by atoms with Gasteiger partial charge in [-0.1, -0.05) is 0 Å². The molecule has 0 aliphatic carbocycles. The number of carbonyl (C=O) groups is 3. The quantitative estimate of drug-likeness (QED) is 0.863. The van der Waals surface area contributed by atoms with E-state index in [1.54, 1.807) is 26.2 Å². The number of aromatic hydroxyl groups is 1. The van der Waals surface area contributed by atoms with Crippen molar-refractivity contribution in [2.24, 2.45) is 0 Å². The van der Waals surface area contributed by atoms with Crippen LogP contribution in [-0.4, -0.2) is 58.9 Å². The number of nitrogens with one attached hydrogen (secondary N) is 1. The molecule has 1 saturated heterocycles.